The van der Waals surface area contributed by atoms with Crippen molar-refractivity contribution in [1.29, 1.82) is 0 Å². The van der Waals surface area contributed by atoms with E-state index >= 15 is 0 Å². The molecule has 1 aliphatic carbocycles. The predicted molar refractivity (Wildman–Crippen MR) is 104 cm³/mol. The van der Waals surface area contributed by atoms with E-state index in [9.17, 15) is 19.1 Å². The van der Waals surface area contributed by atoms with Gasteiger partial charge in [0.15, 0.2) is 11.6 Å². The number of pyridine rings is 2. The Kier molecular flexibility index (Phi) is 3.88. The minimum atomic E-state index is -1.34. The van der Waals surface area contributed by atoms with E-state index in [1.165, 1.54) is 6.20 Å². The van der Waals surface area contributed by atoms with Crippen LogP contribution in [0.4, 0.5) is 10.2 Å². The molecular weight excluding hydrogens is 363 g/mol. The molecule has 2 aliphatic rings. The van der Waals surface area contributed by atoms with Gasteiger partial charge in [0.05, 0.1) is 5.39 Å². The highest BCUT2D eigenvalue weighted by molar-refractivity contribution is 5.92. The van der Waals surface area contributed by atoms with Crippen LogP contribution >= 0.6 is 0 Å². The molecule has 3 N–H and O–H groups in total. The molecule has 1 aliphatic heterocycles. The second-order valence-corrected chi connectivity index (χ2v) is 9.39. The topological polar surface area (TPSA) is 101 Å². The number of anilines is 1. The quantitative estimate of drug-likeness (QED) is 0.818. The molecule has 0 amide bonds. The Morgan fingerprint density at radius 3 is 2.64 bits per heavy atom. The first-order chi connectivity index (χ1) is 12.9. The summed E-state index contributed by atoms with van der Waals surface area (Å²) in [4.78, 5) is 30.5. The van der Waals surface area contributed by atoms with Gasteiger partial charge in [-0.2, -0.15) is 0 Å². The van der Waals surface area contributed by atoms with Crippen LogP contribution in [-0.4, -0.2) is 39.8 Å². The zero-order valence-corrected chi connectivity index (χ0v) is 16.5. The van der Waals surface area contributed by atoms with Crippen LogP contribution in [0, 0.1) is 17.2 Å². The van der Waals surface area contributed by atoms with E-state index in [2.05, 4.69) is 11.9 Å². The van der Waals surface area contributed by atoms with E-state index in [-0.39, 0.29) is 28.3 Å². The third-order valence-corrected chi connectivity index (χ3v) is 6.25. The SMILES string of the molecule is CC(C)(C)n1cc(C(=O)O)c(=O)c2cc(F)c(N3C[C@@H]4[C@H](N)C[C@]4(C)C3)nc21. The van der Waals surface area contributed by atoms with Gasteiger partial charge in [-0.15, -0.1) is 0 Å². The van der Waals surface area contributed by atoms with Crippen LogP contribution in [0.15, 0.2) is 17.1 Å². The summed E-state index contributed by atoms with van der Waals surface area (Å²) in [5.74, 6) is -1.47. The Bertz CT molecular complexity index is 1060. The van der Waals surface area contributed by atoms with Crippen molar-refractivity contribution in [3.63, 3.8) is 0 Å². The maximum atomic E-state index is 15.0. The number of aromatic nitrogens is 2. The van der Waals surface area contributed by atoms with Gasteiger partial charge in [-0.25, -0.2) is 14.2 Å². The van der Waals surface area contributed by atoms with Gasteiger partial charge in [-0.3, -0.25) is 4.79 Å². The molecule has 0 aromatic carbocycles. The monoisotopic (exact) mass is 388 g/mol. The Balaban J connectivity index is 1.92. The number of halogens is 1. The van der Waals surface area contributed by atoms with Gasteiger partial charge in [0.2, 0.25) is 5.43 Å². The lowest BCUT2D eigenvalue weighted by molar-refractivity contribution is 0.0694. The molecule has 2 aromatic rings. The number of carboxylic acid groups (broad SMARTS) is 1. The largest absolute Gasteiger partial charge is 0.477 e. The van der Waals surface area contributed by atoms with Gasteiger partial charge in [0.25, 0.3) is 0 Å². The van der Waals surface area contributed by atoms with Crippen LogP contribution < -0.4 is 16.1 Å². The average molecular weight is 388 g/mol. The number of rotatable bonds is 2. The summed E-state index contributed by atoms with van der Waals surface area (Å²) in [6.07, 6.45) is 2.20. The van der Waals surface area contributed by atoms with Crippen molar-refractivity contribution < 1.29 is 14.3 Å². The zero-order valence-electron chi connectivity index (χ0n) is 16.5. The number of carboxylic acids is 1. The predicted octanol–water partition coefficient (Wildman–Crippen LogP) is 2.16. The first-order valence-electron chi connectivity index (χ1n) is 9.42. The van der Waals surface area contributed by atoms with Crippen molar-refractivity contribution >= 4 is 22.8 Å². The summed E-state index contributed by atoms with van der Waals surface area (Å²) in [6.45, 7) is 9.08. The van der Waals surface area contributed by atoms with Gasteiger partial charge in [0, 0.05) is 30.9 Å². The maximum Gasteiger partial charge on any atom is 0.341 e. The number of hydrogen-bond donors (Lipinski definition) is 2. The lowest BCUT2D eigenvalue weighted by Gasteiger charge is -2.46. The van der Waals surface area contributed by atoms with E-state index in [1.807, 2.05) is 25.7 Å². The van der Waals surface area contributed by atoms with Crippen molar-refractivity contribution in [1.82, 2.24) is 9.55 Å². The molecule has 0 unspecified atom stereocenters. The normalized spacial score (nSPS) is 27.0. The second-order valence-electron chi connectivity index (χ2n) is 9.39. The highest BCUT2D eigenvalue weighted by Gasteiger charge is 2.55. The minimum Gasteiger partial charge on any atom is -0.477 e. The van der Waals surface area contributed by atoms with E-state index in [0.29, 0.717) is 19.0 Å². The molecule has 28 heavy (non-hydrogen) atoms. The number of fused-ring (bicyclic) bond motifs is 2. The fraction of sp³-hybridized carbons (Fsp3) is 0.550. The number of carbonyl (C=O) groups is 1. The third-order valence-electron chi connectivity index (χ3n) is 6.25. The van der Waals surface area contributed by atoms with Crippen LogP contribution in [0.2, 0.25) is 0 Å². The number of nitrogens with zero attached hydrogens (tertiary/aromatic N) is 3. The Hall–Kier alpha value is -2.48. The molecule has 0 bridgehead atoms. The first kappa shape index (κ1) is 18.9. The fourth-order valence-corrected chi connectivity index (χ4v) is 4.73. The van der Waals surface area contributed by atoms with Gasteiger partial charge >= 0.3 is 5.97 Å². The molecule has 1 saturated carbocycles. The van der Waals surface area contributed by atoms with Crippen LogP contribution in [0.25, 0.3) is 11.0 Å². The summed E-state index contributed by atoms with van der Waals surface area (Å²) in [5.41, 5.74) is 4.80. The lowest BCUT2D eigenvalue weighted by Crippen LogP contribution is -2.53. The van der Waals surface area contributed by atoms with E-state index in [1.54, 1.807) is 4.57 Å². The maximum absolute atomic E-state index is 15.0. The molecule has 0 spiro atoms. The second kappa shape index (κ2) is 5.76. The minimum absolute atomic E-state index is 0.0267. The van der Waals surface area contributed by atoms with Gasteiger partial charge in [0.1, 0.15) is 11.2 Å². The van der Waals surface area contributed by atoms with E-state index in [4.69, 9.17) is 5.73 Å². The first-order valence-corrected chi connectivity index (χ1v) is 9.42. The van der Waals surface area contributed by atoms with Gasteiger partial charge in [-0.1, -0.05) is 6.92 Å². The summed E-state index contributed by atoms with van der Waals surface area (Å²) in [6, 6.07) is 1.24. The van der Waals surface area contributed by atoms with E-state index in [0.717, 1.165) is 12.5 Å². The molecule has 3 atom stereocenters. The van der Waals surface area contributed by atoms with Crippen LogP contribution in [0.5, 0.6) is 0 Å². The number of hydrogen-bond acceptors (Lipinski definition) is 5. The number of nitrogens with two attached hydrogens (primary N) is 1. The van der Waals surface area contributed by atoms with Crippen molar-refractivity contribution in [3.8, 4) is 0 Å². The van der Waals surface area contributed by atoms with Gasteiger partial charge < -0.3 is 20.3 Å². The summed E-state index contributed by atoms with van der Waals surface area (Å²) >= 11 is 0. The Labute approximate surface area is 162 Å². The molecule has 3 heterocycles. The summed E-state index contributed by atoms with van der Waals surface area (Å²) in [5, 5.41) is 9.36. The molecule has 7 nitrogen and oxygen atoms in total. The molecule has 4 rings (SSSR count). The molecule has 8 heteroatoms. The highest BCUT2D eigenvalue weighted by Crippen LogP contribution is 2.51. The zero-order chi connectivity index (χ0) is 20.6. The number of aromatic carboxylic acids is 1. The van der Waals surface area contributed by atoms with Crippen molar-refractivity contribution in [2.75, 3.05) is 18.0 Å². The van der Waals surface area contributed by atoms with Crippen molar-refractivity contribution in [2.45, 2.75) is 45.7 Å². The molecule has 1 saturated heterocycles. The Morgan fingerprint density at radius 2 is 2.11 bits per heavy atom. The van der Waals surface area contributed by atoms with Crippen LogP contribution in [0.1, 0.15) is 44.5 Å². The molecular formula is C20H25FN4O3. The summed E-state index contributed by atoms with van der Waals surface area (Å²) < 4.78 is 16.6. The van der Waals surface area contributed by atoms with Crippen LogP contribution in [0.3, 0.4) is 0 Å². The van der Waals surface area contributed by atoms with Crippen molar-refractivity contribution in [3.05, 3.63) is 33.9 Å². The van der Waals surface area contributed by atoms with Crippen molar-refractivity contribution in [2.24, 2.45) is 17.1 Å². The fourth-order valence-electron chi connectivity index (χ4n) is 4.73. The van der Waals surface area contributed by atoms with E-state index < -0.39 is 28.3 Å². The molecule has 0 radical (unpaired) electrons. The third kappa shape index (κ3) is 2.62. The molecule has 150 valence electrons. The van der Waals surface area contributed by atoms with Crippen LogP contribution in [-0.2, 0) is 5.54 Å². The smallest absolute Gasteiger partial charge is 0.341 e. The summed E-state index contributed by atoms with van der Waals surface area (Å²) in [7, 11) is 0. The lowest BCUT2D eigenvalue weighted by atomic mass is 9.60. The highest BCUT2D eigenvalue weighted by atomic mass is 19.1. The molecule has 2 fully saturated rings. The molecule has 2 aromatic heterocycles. The standard InChI is InChI=1S/C20H25FN4O3/c1-19(2,3)25-7-11(18(27)28)15(26)10-5-13(21)17(23-16(10)25)24-8-12-14(22)6-20(12,4)9-24/h5,7,12,14H,6,8-9,22H2,1-4H3,(H,27,28)/t12-,14-,20-/m1/s1. The van der Waals surface area contributed by atoms with Gasteiger partial charge in [-0.05, 0) is 44.6 Å². The Morgan fingerprint density at radius 1 is 1.43 bits per heavy atom. The average Bonchev–Trinajstić information content (AvgIpc) is 2.84.